The van der Waals surface area contributed by atoms with Crippen LogP contribution >= 0.6 is 23.2 Å². The molecule has 0 unspecified atom stereocenters. The van der Waals surface area contributed by atoms with Crippen LogP contribution in [0, 0.1) is 0 Å². The summed E-state index contributed by atoms with van der Waals surface area (Å²) in [5.41, 5.74) is -1.96. The molecule has 0 atom stereocenters. The van der Waals surface area contributed by atoms with Crippen molar-refractivity contribution in [3.05, 3.63) is 46.0 Å². The fraction of sp³-hybridized carbons (Fsp3) is 0.231. The van der Waals surface area contributed by atoms with Gasteiger partial charge in [-0.25, -0.2) is 9.78 Å². The summed E-state index contributed by atoms with van der Waals surface area (Å²) in [6, 6.07) is 3.93. The van der Waals surface area contributed by atoms with Crippen LogP contribution < -0.4 is 0 Å². The van der Waals surface area contributed by atoms with E-state index in [4.69, 9.17) is 23.2 Å². The van der Waals surface area contributed by atoms with Gasteiger partial charge in [-0.3, -0.25) is 4.57 Å². The highest BCUT2D eigenvalue weighted by molar-refractivity contribution is 6.42. The van der Waals surface area contributed by atoms with E-state index >= 15 is 0 Å². The first-order valence-corrected chi connectivity index (χ1v) is 6.78. The van der Waals surface area contributed by atoms with E-state index in [-0.39, 0.29) is 22.3 Å². The first-order valence-electron chi connectivity index (χ1n) is 6.02. The lowest BCUT2D eigenvalue weighted by molar-refractivity contribution is -0.142. The van der Waals surface area contributed by atoms with Gasteiger partial charge in [0.2, 0.25) is 0 Å². The Bertz CT molecular complexity index is 714. The lowest BCUT2D eigenvalue weighted by Gasteiger charge is -2.13. The SMILES string of the molecule is CCOC(=O)c1ncn(-c2ccc(Cl)c(Cl)c2)c1C(F)(F)F. The normalized spacial score (nSPS) is 11.5. The van der Waals surface area contributed by atoms with E-state index < -0.39 is 23.5 Å². The molecule has 2 rings (SSSR count). The molecule has 22 heavy (non-hydrogen) atoms. The monoisotopic (exact) mass is 352 g/mol. The van der Waals surface area contributed by atoms with Gasteiger partial charge in [-0.05, 0) is 25.1 Å². The molecular weight excluding hydrogens is 344 g/mol. The van der Waals surface area contributed by atoms with Crippen molar-refractivity contribution < 1.29 is 22.7 Å². The van der Waals surface area contributed by atoms with Crippen molar-refractivity contribution in [3.63, 3.8) is 0 Å². The number of alkyl halides is 3. The largest absolute Gasteiger partial charge is 0.461 e. The first kappa shape index (κ1) is 16.6. The number of carbonyl (C=O) groups is 1. The number of hydrogen-bond acceptors (Lipinski definition) is 3. The second-order valence-corrected chi connectivity index (χ2v) is 4.94. The maximum absolute atomic E-state index is 13.3. The van der Waals surface area contributed by atoms with Crippen molar-refractivity contribution in [1.29, 1.82) is 0 Å². The zero-order valence-electron chi connectivity index (χ0n) is 11.1. The number of esters is 1. The van der Waals surface area contributed by atoms with E-state index in [2.05, 4.69) is 9.72 Å². The summed E-state index contributed by atoms with van der Waals surface area (Å²) < 4.78 is 45.2. The quantitative estimate of drug-likeness (QED) is 0.770. The van der Waals surface area contributed by atoms with Crippen molar-refractivity contribution in [3.8, 4) is 5.69 Å². The molecule has 0 aliphatic heterocycles. The van der Waals surface area contributed by atoms with Crippen molar-refractivity contribution in [2.75, 3.05) is 6.61 Å². The molecular formula is C13H9Cl2F3N2O2. The number of imidazole rings is 1. The van der Waals surface area contributed by atoms with E-state index in [9.17, 15) is 18.0 Å². The highest BCUT2D eigenvalue weighted by Crippen LogP contribution is 2.35. The van der Waals surface area contributed by atoms with Crippen LogP contribution in [0.15, 0.2) is 24.5 Å². The summed E-state index contributed by atoms with van der Waals surface area (Å²) in [6.45, 7) is 1.43. The number of rotatable bonds is 3. The molecule has 0 aliphatic carbocycles. The molecule has 0 bridgehead atoms. The van der Waals surface area contributed by atoms with Gasteiger partial charge in [0.15, 0.2) is 11.4 Å². The van der Waals surface area contributed by atoms with E-state index in [1.807, 2.05) is 0 Å². The molecule has 0 saturated heterocycles. The van der Waals surface area contributed by atoms with Crippen molar-refractivity contribution in [1.82, 2.24) is 9.55 Å². The standard InChI is InChI=1S/C13H9Cl2F3N2O2/c1-2-22-12(21)10-11(13(16,17)18)20(6-19-10)7-3-4-8(14)9(15)5-7/h3-6H,2H2,1H3. The molecule has 0 amide bonds. The molecule has 0 radical (unpaired) electrons. The topological polar surface area (TPSA) is 44.1 Å². The highest BCUT2D eigenvalue weighted by atomic mass is 35.5. The van der Waals surface area contributed by atoms with Gasteiger partial charge in [0, 0.05) is 5.69 Å². The fourth-order valence-corrected chi connectivity index (χ4v) is 2.09. The Labute approximate surface area is 133 Å². The summed E-state index contributed by atoms with van der Waals surface area (Å²) in [4.78, 5) is 15.2. The number of aromatic nitrogens is 2. The van der Waals surface area contributed by atoms with Crippen molar-refractivity contribution >= 4 is 29.2 Å². The molecule has 9 heteroatoms. The average molecular weight is 353 g/mol. The highest BCUT2D eigenvalue weighted by Gasteiger charge is 2.41. The molecule has 1 aromatic carbocycles. The van der Waals surface area contributed by atoms with Crippen molar-refractivity contribution in [2.24, 2.45) is 0 Å². The van der Waals surface area contributed by atoms with Gasteiger partial charge in [0.05, 0.1) is 16.7 Å². The van der Waals surface area contributed by atoms with E-state index in [1.165, 1.54) is 25.1 Å². The van der Waals surface area contributed by atoms with Crippen LogP contribution in [0.1, 0.15) is 23.1 Å². The maximum atomic E-state index is 13.3. The minimum atomic E-state index is -4.80. The lowest BCUT2D eigenvalue weighted by atomic mass is 10.2. The summed E-state index contributed by atoms with van der Waals surface area (Å²) in [6.07, 6.45) is -3.92. The minimum absolute atomic E-state index is 0.0598. The van der Waals surface area contributed by atoms with Gasteiger partial charge in [-0.2, -0.15) is 13.2 Å². The van der Waals surface area contributed by atoms with Crippen LogP contribution in [-0.4, -0.2) is 22.1 Å². The first-order chi connectivity index (χ1) is 10.3. The number of halogens is 5. The molecule has 4 nitrogen and oxygen atoms in total. The van der Waals surface area contributed by atoms with Crippen molar-refractivity contribution in [2.45, 2.75) is 13.1 Å². The summed E-state index contributed by atoms with van der Waals surface area (Å²) in [5, 5.41) is 0.281. The Morgan fingerprint density at radius 2 is 2.00 bits per heavy atom. The van der Waals surface area contributed by atoms with Crippen LogP contribution in [0.3, 0.4) is 0 Å². The zero-order chi connectivity index (χ0) is 16.5. The Kier molecular flexibility index (Phi) is 4.67. The summed E-state index contributed by atoms with van der Waals surface area (Å²) in [7, 11) is 0. The molecule has 0 N–H and O–H groups in total. The van der Waals surface area contributed by atoms with Crippen LogP contribution in [-0.2, 0) is 10.9 Å². The predicted molar refractivity (Wildman–Crippen MR) is 74.5 cm³/mol. The Hall–Kier alpha value is -1.73. The average Bonchev–Trinajstić information content (AvgIpc) is 2.87. The lowest BCUT2D eigenvalue weighted by Crippen LogP contribution is -2.18. The molecule has 0 saturated carbocycles. The molecule has 0 fully saturated rings. The van der Waals surface area contributed by atoms with E-state index in [1.54, 1.807) is 0 Å². The Balaban J connectivity index is 2.61. The fourth-order valence-electron chi connectivity index (χ4n) is 1.80. The van der Waals surface area contributed by atoms with E-state index in [0.29, 0.717) is 4.57 Å². The molecule has 118 valence electrons. The Morgan fingerprint density at radius 3 is 2.55 bits per heavy atom. The third-order valence-corrected chi connectivity index (χ3v) is 3.43. The minimum Gasteiger partial charge on any atom is -0.461 e. The third kappa shape index (κ3) is 3.20. The van der Waals surface area contributed by atoms with E-state index in [0.717, 1.165) is 6.33 Å². The van der Waals surface area contributed by atoms with Gasteiger partial charge in [0.1, 0.15) is 6.33 Å². The van der Waals surface area contributed by atoms with Gasteiger partial charge >= 0.3 is 12.1 Å². The number of nitrogens with zero attached hydrogens (tertiary/aromatic N) is 2. The van der Waals surface area contributed by atoms with Crippen LogP contribution in [0.4, 0.5) is 13.2 Å². The second-order valence-electron chi connectivity index (χ2n) is 4.13. The smallest absolute Gasteiger partial charge is 0.434 e. The summed E-state index contributed by atoms with van der Waals surface area (Å²) in [5.74, 6) is -1.14. The third-order valence-electron chi connectivity index (χ3n) is 2.69. The van der Waals surface area contributed by atoms with Gasteiger partial charge in [-0.1, -0.05) is 23.2 Å². The van der Waals surface area contributed by atoms with Crippen LogP contribution in [0.5, 0.6) is 0 Å². The zero-order valence-corrected chi connectivity index (χ0v) is 12.6. The van der Waals surface area contributed by atoms with Crippen LogP contribution in [0.2, 0.25) is 10.0 Å². The maximum Gasteiger partial charge on any atom is 0.434 e. The van der Waals surface area contributed by atoms with Crippen LogP contribution in [0.25, 0.3) is 5.69 Å². The second kappa shape index (κ2) is 6.18. The molecule has 0 aliphatic rings. The predicted octanol–water partition coefficient (Wildman–Crippen LogP) is 4.37. The van der Waals surface area contributed by atoms with Gasteiger partial charge < -0.3 is 4.74 Å². The van der Waals surface area contributed by atoms with Gasteiger partial charge in [0.25, 0.3) is 0 Å². The molecule has 1 heterocycles. The molecule has 1 aromatic heterocycles. The number of ether oxygens (including phenoxy) is 1. The Morgan fingerprint density at radius 1 is 1.32 bits per heavy atom. The molecule has 0 spiro atoms. The summed E-state index contributed by atoms with van der Waals surface area (Å²) >= 11 is 11.6. The molecule has 2 aromatic rings. The number of benzene rings is 1. The van der Waals surface area contributed by atoms with Gasteiger partial charge in [-0.15, -0.1) is 0 Å². The number of carbonyl (C=O) groups excluding carboxylic acids is 1. The number of hydrogen-bond donors (Lipinski definition) is 0.